The molecule has 3 atom stereocenters. The van der Waals surface area contributed by atoms with E-state index >= 15 is 0 Å². The first-order valence-electron chi connectivity index (χ1n) is 24.5. The van der Waals surface area contributed by atoms with Gasteiger partial charge in [0.05, 0.1) is 18.8 Å². The summed E-state index contributed by atoms with van der Waals surface area (Å²) in [5.74, 6) is -0.143. The Morgan fingerprint density at radius 3 is 1.07 bits per heavy atom. The third-order valence-electron chi connectivity index (χ3n) is 11.6. The van der Waals surface area contributed by atoms with Crippen molar-refractivity contribution in [2.75, 3.05) is 6.61 Å². The molecule has 0 aliphatic carbocycles. The SMILES string of the molecule is CCCCCCCCCCCCCC/C=C\CCCCCCCCCCCCC(=O)NC(CO)C(O)C(O)CCCCCCCCCCCCCCCC. The van der Waals surface area contributed by atoms with Crippen molar-refractivity contribution in [1.82, 2.24) is 5.32 Å². The molecule has 54 heavy (non-hydrogen) atoms. The molecule has 0 radical (unpaired) electrons. The molecule has 0 rings (SSSR count). The smallest absolute Gasteiger partial charge is 0.220 e. The minimum Gasteiger partial charge on any atom is -0.394 e. The van der Waals surface area contributed by atoms with Crippen LogP contribution in [-0.4, -0.2) is 46.1 Å². The molecule has 1 amide bonds. The Morgan fingerprint density at radius 1 is 0.444 bits per heavy atom. The number of rotatable bonds is 45. The predicted octanol–water partition coefficient (Wildman–Crippen LogP) is 14.4. The Hall–Kier alpha value is -0.910. The third kappa shape index (κ3) is 39.3. The molecule has 0 aromatic heterocycles. The van der Waals surface area contributed by atoms with Crippen molar-refractivity contribution in [3.63, 3.8) is 0 Å². The largest absolute Gasteiger partial charge is 0.394 e. The molecule has 0 saturated carbocycles. The number of allylic oxidation sites excluding steroid dienone is 2. The zero-order valence-corrected chi connectivity index (χ0v) is 36.6. The molecular formula is C49H97NO4. The van der Waals surface area contributed by atoms with Crippen LogP contribution < -0.4 is 5.32 Å². The van der Waals surface area contributed by atoms with Gasteiger partial charge in [-0.2, -0.15) is 0 Å². The zero-order valence-electron chi connectivity index (χ0n) is 36.6. The van der Waals surface area contributed by atoms with Crippen molar-refractivity contribution in [1.29, 1.82) is 0 Å². The first kappa shape index (κ1) is 53.1. The van der Waals surface area contributed by atoms with Crippen LogP contribution in [0.4, 0.5) is 0 Å². The molecule has 5 heteroatoms. The van der Waals surface area contributed by atoms with Crippen molar-refractivity contribution in [2.24, 2.45) is 0 Å². The monoisotopic (exact) mass is 764 g/mol. The summed E-state index contributed by atoms with van der Waals surface area (Å²) in [6.07, 6.45) is 53.4. The molecule has 0 bridgehead atoms. The molecule has 4 N–H and O–H groups in total. The highest BCUT2D eigenvalue weighted by molar-refractivity contribution is 5.76. The normalized spacial score (nSPS) is 13.5. The summed E-state index contributed by atoms with van der Waals surface area (Å²) in [5.41, 5.74) is 0. The number of carbonyl (C=O) groups is 1. The van der Waals surface area contributed by atoms with Gasteiger partial charge >= 0.3 is 0 Å². The number of carbonyl (C=O) groups excluding carboxylic acids is 1. The third-order valence-corrected chi connectivity index (χ3v) is 11.6. The lowest BCUT2D eigenvalue weighted by molar-refractivity contribution is -0.124. The second-order valence-corrected chi connectivity index (χ2v) is 17.0. The Bertz CT molecular complexity index is 758. The van der Waals surface area contributed by atoms with E-state index in [0.717, 1.165) is 38.5 Å². The average Bonchev–Trinajstić information content (AvgIpc) is 3.18. The average molecular weight is 764 g/mol. The minimum absolute atomic E-state index is 0.143. The van der Waals surface area contributed by atoms with E-state index in [1.54, 1.807) is 0 Å². The molecule has 0 aliphatic rings. The Kier molecular flexibility index (Phi) is 44.0. The van der Waals surface area contributed by atoms with Crippen LogP contribution in [0.2, 0.25) is 0 Å². The van der Waals surface area contributed by atoms with Gasteiger partial charge in [-0.1, -0.05) is 238 Å². The quantitative estimate of drug-likeness (QED) is 0.0367. The van der Waals surface area contributed by atoms with Gasteiger partial charge in [0, 0.05) is 6.42 Å². The first-order chi connectivity index (χ1) is 26.6. The van der Waals surface area contributed by atoms with Gasteiger partial charge in [0.15, 0.2) is 0 Å². The highest BCUT2D eigenvalue weighted by atomic mass is 16.3. The first-order valence-corrected chi connectivity index (χ1v) is 24.5. The lowest BCUT2D eigenvalue weighted by Gasteiger charge is -2.26. The van der Waals surface area contributed by atoms with Gasteiger partial charge in [-0.15, -0.1) is 0 Å². The molecule has 5 nitrogen and oxygen atoms in total. The maximum Gasteiger partial charge on any atom is 0.220 e. The van der Waals surface area contributed by atoms with E-state index in [1.807, 2.05) is 0 Å². The minimum atomic E-state index is -1.13. The number of aliphatic hydroxyl groups is 3. The number of hydrogen-bond donors (Lipinski definition) is 4. The van der Waals surface area contributed by atoms with Crippen molar-refractivity contribution in [2.45, 2.75) is 289 Å². The van der Waals surface area contributed by atoms with Crippen molar-refractivity contribution in [3.05, 3.63) is 12.2 Å². The fourth-order valence-corrected chi connectivity index (χ4v) is 7.81. The molecule has 0 fully saturated rings. The van der Waals surface area contributed by atoms with Crippen LogP contribution in [0.15, 0.2) is 12.2 Å². The van der Waals surface area contributed by atoms with Crippen LogP contribution in [0, 0.1) is 0 Å². The number of nitrogens with one attached hydrogen (secondary N) is 1. The van der Waals surface area contributed by atoms with Gasteiger partial charge in [0.1, 0.15) is 6.10 Å². The van der Waals surface area contributed by atoms with Crippen molar-refractivity contribution >= 4 is 5.91 Å². The van der Waals surface area contributed by atoms with E-state index < -0.39 is 18.2 Å². The maximum absolute atomic E-state index is 12.5. The summed E-state index contributed by atoms with van der Waals surface area (Å²) in [4.78, 5) is 12.5. The standard InChI is InChI=1S/C49H97NO4/c1-3-5-7-9-11-13-15-17-19-20-21-22-23-24-25-26-27-28-29-30-32-34-36-38-40-42-44-48(53)50-46(45-51)49(54)47(52)43-41-39-37-35-33-31-18-16-14-12-10-8-6-4-2/h24-25,46-47,49,51-52,54H,3-23,26-45H2,1-2H3,(H,50,53)/b25-24-. The van der Waals surface area contributed by atoms with Gasteiger partial charge in [0.25, 0.3) is 0 Å². The highest BCUT2D eigenvalue weighted by Gasteiger charge is 2.26. The van der Waals surface area contributed by atoms with E-state index in [1.165, 1.54) is 205 Å². The molecule has 0 saturated heterocycles. The van der Waals surface area contributed by atoms with Crippen molar-refractivity contribution < 1.29 is 20.1 Å². The van der Waals surface area contributed by atoms with Crippen LogP contribution in [0.5, 0.6) is 0 Å². The van der Waals surface area contributed by atoms with E-state index in [2.05, 4.69) is 31.3 Å². The summed E-state index contributed by atoms with van der Waals surface area (Å²) in [7, 11) is 0. The molecule has 0 aromatic carbocycles. The molecule has 0 spiro atoms. The lowest BCUT2D eigenvalue weighted by atomic mass is 9.99. The van der Waals surface area contributed by atoms with Crippen LogP contribution >= 0.6 is 0 Å². The molecular weight excluding hydrogens is 667 g/mol. The van der Waals surface area contributed by atoms with E-state index in [-0.39, 0.29) is 12.5 Å². The summed E-state index contributed by atoms with van der Waals surface area (Å²) in [5, 5.41) is 33.6. The summed E-state index contributed by atoms with van der Waals surface area (Å²) in [6.45, 7) is 4.20. The molecule has 0 heterocycles. The molecule has 0 aromatic rings. The second kappa shape index (κ2) is 44.8. The van der Waals surface area contributed by atoms with E-state index in [0.29, 0.717) is 12.8 Å². The van der Waals surface area contributed by atoms with Crippen molar-refractivity contribution in [3.8, 4) is 0 Å². The van der Waals surface area contributed by atoms with Gasteiger partial charge in [-0.05, 0) is 38.5 Å². The Labute approximate surface area is 338 Å². The highest BCUT2D eigenvalue weighted by Crippen LogP contribution is 2.17. The summed E-state index contributed by atoms with van der Waals surface area (Å²) in [6, 6.07) is -0.806. The topological polar surface area (TPSA) is 89.8 Å². The number of hydrogen-bond acceptors (Lipinski definition) is 4. The van der Waals surface area contributed by atoms with Gasteiger partial charge in [-0.3, -0.25) is 4.79 Å². The van der Waals surface area contributed by atoms with E-state index in [9.17, 15) is 20.1 Å². The van der Waals surface area contributed by atoms with Crippen LogP contribution in [0.3, 0.4) is 0 Å². The summed E-state index contributed by atoms with van der Waals surface area (Å²) < 4.78 is 0. The van der Waals surface area contributed by atoms with Gasteiger partial charge in [-0.25, -0.2) is 0 Å². The Balaban J connectivity index is 3.54. The summed E-state index contributed by atoms with van der Waals surface area (Å²) >= 11 is 0. The van der Waals surface area contributed by atoms with E-state index in [4.69, 9.17) is 0 Å². The zero-order chi connectivity index (χ0) is 39.4. The number of amides is 1. The lowest BCUT2D eigenvalue weighted by Crippen LogP contribution is -2.50. The predicted molar refractivity (Wildman–Crippen MR) is 236 cm³/mol. The fraction of sp³-hybridized carbons (Fsp3) is 0.939. The van der Waals surface area contributed by atoms with Crippen LogP contribution in [0.25, 0.3) is 0 Å². The second-order valence-electron chi connectivity index (χ2n) is 17.0. The Morgan fingerprint density at radius 2 is 0.741 bits per heavy atom. The number of unbranched alkanes of at least 4 members (excludes halogenated alkanes) is 35. The maximum atomic E-state index is 12.5. The fourth-order valence-electron chi connectivity index (χ4n) is 7.81. The molecule has 3 unspecified atom stereocenters. The molecule has 0 aliphatic heterocycles. The molecule has 322 valence electrons. The van der Waals surface area contributed by atoms with Crippen LogP contribution in [-0.2, 0) is 4.79 Å². The number of aliphatic hydroxyl groups excluding tert-OH is 3. The van der Waals surface area contributed by atoms with Gasteiger partial charge < -0.3 is 20.6 Å². The van der Waals surface area contributed by atoms with Crippen LogP contribution in [0.1, 0.15) is 271 Å². The van der Waals surface area contributed by atoms with Gasteiger partial charge in [0.2, 0.25) is 5.91 Å².